The van der Waals surface area contributed by atoms with Crippen LogP contribution in [0, 0.1) is 17.3 Å². The molecule has 2 bridgehead atoms. The van der Waals surface area contributed by atoms with E-state index >= 15 is 0 Å². The average Bonchev–Trinajstić information content (AvgIpc) is 2.57. The summed E-state index contributed by atoms with van der Waals surface area (Å²) >= 11 is 0. The van der Waals surface area contributed by atoms with Gasteiger partial charge in [-0.15, -0.1) is 0 Å². The lowest BCUT2D eigenvalue weighted by Crippen LogP contribution is -2.56. The Balaban J connectivity index is 1.84. The summed E-state index contributed by atoms with van der Waals surface area (Å²) in [5, 5.41) is 21.6. The number of phenolic OH excluding ortho intramolecular Hbond substituents is 2. The molecule has 27 heavy (non-hydrogen) atoms. The highest BCUT2D eigenvalue weighted by Crippen LogP contribution is 2.64. The fourth-order valence-corrected chi connectivity index (χ4v) is 5.52. The lowest BCUT2D eigenvalue weighted by Gasteiger charge is -2.59. The first-order valence-corrected chi connectivity index (χ1v) is 10.7. The fraction of sp³-hybridized carbons (Fsp3) is 0.708. The van der Waals surface area contributed by atoms with Crippen LogP contribution in [0.2, 0.25) is 0 Å². The van der Waals surface area contributed by atoms with Crippen LogP contribution in [-0.2, 0) is 10.2 Å². The number of carbonyl (C=O) groups is 1. The Morgan fingerprint density at radius 2 is 1.74 bits per heavy atom. The predicted octanol–water partition coefficient (Wildman–Crippen LogP) is 6.06. The molecule has 1 unspecified atom stereocenters. The van der Waals surface area contributed by atoms with E-state index in [0.717, 1.165) is 24.8 Å². The van der Waals surface area contributed by atoms with Crippen LogP contribution in [0.3, 0.4) is 0 Å². The highest BCUT2D eigenvalue weighted by molar-refractivity contribution is 5.86. The number of phenols is 2. The quantitative estimate of drug-likeness (QED) is 0.572. The van der Waals surface area contributed by atoms with Gasteiger partial charge in [0.25, 0.3) is 0 Å². The van der Waals surface area contributed by atoms with Gasteiger partial charge in [-0.3, -0.25) is 4.79 Å². The molecule has 3 heteroatoms. The van der Waals surface area contributed by atoms with Gasteiger partial charge >= 0.3 is 0 Å². The monoisotopic (exact) mass is 372 g/mol. The minimum Gasteiger partial charge on any atom is -0.508 e. The molecule has 0 aliphatic heterocycles. The molecule has 2 N–H and O–H groups in total. The van der Waals surface area contributed by atoms with E-state index in [-0.39, 0.29) is 39.9 Å². The molecule has 3 nitrogen and oxygen atoms in total. The van der Waals surface area contributed by atoms with Crippen molar-refractivity contribution < 1.29 is 15.0 Å². The zero-order valence-corrected chi connectivity index (χ0v) is 17.6. The van der Waals surface area contributed by atoms with Crippen molar-refractivity contribution in [3.05, 3.63) is 23.3 Å². The molecule has 0 amide bonds. The summed E-state index contributed by atoms with van der Waals surface area (Å²) < 4.78 is 0. The number of hydrogen-bond donors (Lipinski definition) is 2. The van der Waals surface area contributed by atoms with Crippen molar-refractivity contribution in [1.29, 1.82) is 0 Å². The van der Waals surface area contributed by atoms with Crippen LogP contribution in [0.25, 0.3) is 0 Å². The standard InChI is InChI=1S/C24H36O3/c1-6-7-8-9-10-23(2,3)15-11-20(26)22(21(27)12-15)16-13-19(25)18-14-17(16)24(18,4)5/h11-12,16-18,26-27H,6-10,13-14H2,1-5H3/t16-,17?,18+/m0/s1. The maximum Gasteiger partial charge on any atom is 0.137 e. The van der Waals surface area contributed by atoms with E-state index in [1.807, 2.05) is 12.1 Å². The third-order valence-electron chi connectivity index (χ3n) is 7.58. The van der Waals surface area contributed by atoms with Crippen LogP contribution in [-0.4, -0.2) is 16.0 Å². The highest BCUT2D eigenvalue weighted by atomic mass is 16.3. The summed E-state index contributed by atoms with van der Waals surface area (Å²) in [5.74, 6) is 1.04. The third kappa shape index (κ3) is 3.50. The Bertz CT molecular complexity index is 693. The molecule has 0 radical (unpaired) electrons. The van der Waals surface area contributed by atoms with Gasteiger partial charge in [0.1, 0.15) is 17.3 Å². The van der Waals surface area contributed by atoms with Gasteiger partial charge in [-0.2, -0.15) is 0 Å². The predicted molar refractivity (Wildman–Crippen MR) is 109 cm³/mol. The normalized spacial score (nSPS) is 26.7. The van der Waals surface area contributed by atoms with Crippen molar-refractivity contribution >= 4 is 5.78 Å². The topological polar surface area (TPSA) is 57.5 Å². The van der Waals surface area contributed by atoms with Gasteiger partial charge in [0.2, 0.25) is 0 Å². The molecule has 4 rings (SSSR count). The second-order valence-corrected chi connectivity index (χ2v) is 10.1. The van der Waals surface area contributed by atoms with E-state index in [0.29, 0.717) is 17.9 Å². The number of fused-ring (bicyclic) bond motifs is 2. The van der Waals surface area contributed by atoms with Crippen molar-refractivity contribution in [3.63, 3.8) is 0 Å². The molecular weight excluding hydrogens is 336 g/mol. The summed E-state index contributed by atoms with van der Waals surface area (Å²) in [5.41, 5.74) is 1.44. The first kappa shape index (κ1) is 20.2. The second-order valence-electron chi connectivity index (χ2n) is 10.1. The van der Waals surface area contributed by atoms with Gasteiger partial charge in [-0.25, -0.2) is 0 Å². The summed E-state index contributed by atoms with van der Waals surface area (Å²) in [6.07, 6.45) is 7.20. The van der Waals surface area contributed by atoms with Gasteiger partial charge in [-0.05, 0) is 47.3 Å². The zero-order valence-electron chi connectivity index (χ0n) is 17.6. The minimum atomic E-state index is -0.0928. The molecule has 150 valence electrons. The Morgan fingerprint density at radius 1 is 1.11 bits per heavy atom. The molecule has 0 spiro atoms. The molecule has 3 atom stereocenters. The second kappa shape index (κ2) is 7.14. The number of benzene rings is 1. The minimum absolute atomic E-state index is 0.0316. The fourth-order valence-electron chi connectivity index (χ4n) is 5.52. The molecule has 3 aliphatic rings. The van der Waals surface area contributed by atoms with Crippen LogP contribution < -0.4 is 0 Å². The summed E-state index contributed by atoms with van der Waals surface area (Å²) in [4.78, 5) is 12.5. The van der Waals surface area contributed by atoms with Crippen LogP contribution >= 0.6 is 0 Å². The van der Waals surface area contributed by atoms with Crippen LogP contribution in [0.4, 0.5) is 0 Å². The first-order chi connectivity index (χ1) is 12.6. The van der Waals surface area contributed by atoms with Crippen LogP contribution in [0.15, 0.2) is 12.1 Å². The van der Waals surface area contributed by atoms with Gasteiger partial charge < -0.3 is 10.2 Å². The zero-order chi connectivity index (χ0) is 20.0. The molecule has 0 aromatic heterocycles. The first-order valence-electron chi connectivity index (χ1n) is 10.7. The number of rotatable bonds is 7. The molecule has 0 saturated heterocycles. The molecule has 3 aliphatic carbocycles. The van der Waals surface area contributed by atoms with Gasteiger partial charge in [0.05, 0.1) is 0 Å². The van der Waals surface area contributed by atoms with E-state index < -0.39 is 0 Å². The smallest absolute Gasteiger partial charge is 0.137 e. The van der Waals surface area contributed by atoms with Crippen molar-refractivity contribution in [2.45, 2.75) is 90.9 Å². The Hall–Kier alpha value is -1.51. The van der Waals surface area contributed by atoms with Crippen molar-refractivity contribution in [2.75, 3.05) is 0 Å². The van der Waals surface area contributed by atoms with Crippen LogP contribution in [0.5, 0.6) is 11.5 Å². The summed E-state index contributed by atoms with van der Waals surface area (Å²) in [6, 6.07) is 3.66. The SMILES string of the molecule is CCCCCCC(C)(C)c1cc(O)c([C@H]2CC(=O)[C@H]3CC2C3(C)C)c(O)c1. The number of ketones is 1. The Labute approximate surface area is 164 Å². The van der Waals surface area contributed by atoms with E-state index in [9.17, 15) is 15.0 Å². The van der Waals surface area contributed by atoms with E-state index in [1.165, 1.54) is 19.3 Å². The van der Waals surface area contributed by atoms with Crippen molar-refractivity contribution in [1.82, 2.24) is 0 Å². The number of unbranched alkanes of at least 4 members (excludes halogenated alkanes) is 3. The average molecular weight is 373 g/mol. The van der Waals surface area contributed by atoms with Gasteiger partial charge in [0.15, 0.2) is 0 Å². The van der Waals surface area contributed by atoms with E-state index in [2.05, 4.69) is 34.6 Å². The third-order valence-corrected chi connectivity index (χ3v) is 7.58. The number of carbonyl (C=O) groups excluding carboxylic acids is 1. The number of aromatic hydroxyl groups is 2. The van der Waals surface area contributed by atoms with Gasteiger partial charge in [0, 0.05) is 23.8 Å². The molecule has 3 saturated carbocycles. The largest absolute Gasteiger partial charge is 0.508 e. The number of Topliss-reactive ketones (excluding diaryl/α,β-unsaturated/α-hetero) is 1. The lowest BCUT2D eigenvalue weighted by atomic mass is 9.44. The molecule has 1 aromatic rings. The Kier molecular flexibility index (Phi) is 5.35. The lowest BCUT2D eigenvalue weighted by molar-refractivity contribution is -0.151. The molecule has 0 heterocycles. The van der Waals surface area contributed by atoms with E-state index in [4.69, 9.17) is 0 Å². The maximum absolute atomic E-state index is 12.5. The maximum atomic E-state index is 12.5. The number of hydrogen-bond acceptors (Lipinski definition) is 3. The molecular formula is C24H36O3. The summed E-state index contributed by atoms with van der Waals surface area (Å²) in [7, 11) is 0. The molecule has 1 aromatic carbocycles. The molecule has 3 fully saturated rings. The van der Waals surface area contributed by atoms with Crippen molar-refractivity contribution in [2.24, 2.45) is 17.3 Å². The van der Waals surface area contributed by atoms with E-state index in [1.54, 1.807) is 0 Å². The Morgan fingerprint density at radius 3 is 2.26 bits per heavy atom. The van der Waals surface area contributed by atoms with Crippen molar-refractivity contribution in [3.8, 4) is 11.5 Å². The van der Waals surface area contributed by atoms with Gasteiger partial charge in [-0.1, -0.05) is 60.3 Å². The highest BCUT2D eigenvalue weighted by Gasteiger charge is 2.59. The summed E-state index contributed by atoms with van der Waals surface area (Å²) in [6.45, 7) is 10.9. The van der Waals surface area contributed by atoms with Crippen LogP contribution in [0.1, 0.15) is 96.6 Å².